The molecule has 64 valence electrons. The van der Waals surface area contributed by atoms with Gasteiger partial charge in [-0.15, -0.1) is 0 Å². The standard InChI is InChI=1S/C6H15NO2S.Na.H/c1-2-3-4-5-6-7-10(8)9;;/h10H,2-6H2,1H3,(H,7,8,9);;. The topological polar surface area (TPSA) is 46.2 Å². The van der Waals surface area contributed by atoms with Crippen LogP contribution in [0, 0.1) is 0 Å². The molecule has 0 bridgehead atoms. The van der Waals surface area contributed by atoms with Gasteiger partial charge in [0, 0.05) is 6.54 Å². The Hall–Kier alpha value is 0.910. The van der Waals surface area contributed by atoms with Crippen molar-refractivity contribution in [1.29, 1.82) is 0 Å². The zero-order chi connectivity index (χ0) is 7.82. The van der Waals surface area contributed by atoms with Gasteiger partial charge in [-0.2, -0.15) is 0 Å². The van der Waals surface area contributed by atoms with E-state index in [0.717, 1.165) is 12.8 Å². The monoisotopic (exact) mass is 189 g/mol. The normalized spacial score (nSPS) is 9.64. The quantitative estimate of drug-likeness (QED) is 0.352. The molecule has 0 aliphatic rings. The van der Waals surface area contributed by atoms with Crippen molar-refractivity contribution < 1.29 is 8.42 Å². The molecule has 11 heavy (non-hydrogen) atoms. The van der Waals surface area contributed by atoms with Crippen molar-refractivity contribution in [3.63, 3.8) is 0 Å². The van der Waals surface area contributed by atoms with Gasteiger partial charge >= 0.3 is 29.6 Å². The summed E-state index contributed by atoms with van der Waals surface area (Å²) in [5.41, 5.74) is 0. The van der Waals surface area contributed by atoms with Gasteiger partial charge in [0.1, 0.15) is 0 Å². The zero-order valence-corrected chi connectivity index (χ0v) is 7.19. The predicted molar refractivity (Wildman–Crippen MR) is 49.6 cm³/mol. The Labute approximate surface area is 92.3 Å². The maximum absolute atomic E-state index is 9.96. The van der Waals surface area contributed by atoms with Crippen LogP contribution in [-0.2, 0) is 10.9 Å². The summed E-state index contributed by atoms with van der Waals surface area (Å²) < 4.78 is 22.3. The molecule has 1 N–H and O–H groups in total. The molecule has 0 spiro atoms. The molecule has 0 saturated carbocycles. The molecule has 0 amide bonds. The van der Waals surface area contributed by atoms with Gasteiger partial charge in [-0.1, -0.05) is 26.2 Å². The van der Waals surface area contributed by atoms with Gasteiger partial charge in [0.25, 0.3) is 0 Å². The number of unbranched alkanes of at least 4 members (excludes halogenated alkanes) is 3. The molecule has 0 aromatic heterocycles. The van der Waals surface area contributed by atoms with Gasteiger partial charge in [-0.25, -0.2) is 13.1 Å². The first-order valence-corrected chi connectivity index (χ1v) is 4.83. The molecule has 3 nitrogen and oxygen atoms in total. The minimum atomic E-state index is -2.37. The number of nitrogens with one attached hydrogen (secondary N) is 1. The van der Waals surface area contributed by atoms with Crippen molar-refractivity contribution in [3.05, 3.63) is 0 Å². The number of rotatable bonds is 6. The number of thiol groups is 1. The molecule has 0 aromatic rings. The van der Waals surface area contributed by atoms with E-state index in [-0.39, 0.29) is 29.6 Å². The molecule has 0 aromatic carbocycles. The molecule has 0 unspecified atom stereocenters. The summed E-state index contributed by atoms with van der Waals surface area (Å²) in [6, 6.07) is 0. The fraction of sp³-hybridized carbons (Fsp3) is 1.00. The number of hydrogen-bond donors (Lipinski definition) is 2. The first-order valence-electron chi connectivity index (χ1n) is 3.65. The zero-order valence-electron chi connectivity index (χ0n) is 6.30. The van der Waals surface area contributed by atoms with Crippen molar-refractivity contribution in [2.45, 2.75) is 32.6 Å². The molecule has 0 radical (unpaired) electrons. The Balaban J connectivity index is 0. The number of hydrogen-bond acceptors (Lipinski definition) is 2. The SMILES string of the molecule is CCCCCCN[SH](=O)=O.[NaH]. The van der Waals surface area contributed by atoms with Crippen LogP contribution < -0.4 is 4.72 Å². The second kappa shape index (κ2) is 10.9. The molecule has 0 heterocycles. The van der Waals surface area contributed by atoms with Crippen LogP contribution in [0.3, 0.4) is 0 Å². The second-order valence-corrected chi connectivity index (χ2v) is 3.06. The van der Waals surface area contributed by atoms with E-state index in [4.69, 9.17) is 0 Å². The van der Waals surface area contributed by atoms with Crippen LogP contribution in [0.5, 0.6) is 0 Å². The Morgan fingerprint density at radius 3 is 2.27 bits per heavy atom. The summed E-state index contributed by atoms with van der Waals surface area (Å²) in [4.78, 5) is 0. The average Bonchev–Trinajstić information content (AvgIpc) is 1.87. The van der Waals surface area contributed by atoms with Crippen LogP contribution >= 0.6 is 0 Å². The third-order valence-electron chi connectivity index (χ3n) is 1.27. The van der Waals surface area contributed by atoms with Gasteiger partial charge in [0.15, 0.2) is 0 Å². The summed E-state index contributed by atoms with van der Waals surface area (Å²) in [6.07, 6.45) is 4.45. The second-order valence-electron chi connectivity index (χ2n) is 2.23. The van der Waals surface area contributed by atoms with Crippen LogP contribution in [0.2, 0.25) is 0 Å². The molecule has 5 heteroatoms. The van der Waals surface area contributed by atoms with E-state index in [1.807, 2.05) is 0 Å². The van der Waals surface area contributed by atoms with E-state index in [1.165, 1.54) is 12.8 Å². The molecule has 0 saturated heterocycles. The van der Waals surface area contributed by atoms with Crippen molar-refractivity contribution in [2.75, 3.05) is 6.54 Å². The average molecular weight is 189 g/mol. The molecule has 0 aliphatic carbocycles. The summed E-state index contributed by atoms with van der Waals surface area (Å²) in [5, 5.41) is 0. The fourth-order valence-electron chi connectivity index (χ4n) is 0.722. The third-order valence-corrected chi connectivity index (χ3v) is 1.75. The predicted octanol–water partition coefficient (Wildman–Crippen LogP) is 0.0342. The molecular formula is C6H16NNaO2S. The molecule has 0 aliphatic heterocycles. The minimum absolute atomic E-state index is 0. The van der Waals surface area contributed by atoms with E-state index in [2.05, 4.69) is 11.6 Å². The third kappa shape index (κ3) is 13.8. The van der Waals surface area contributed by atoms with Crippen molar-refractivity contribution in [3.8, 4) is 0 Å². The van der Waals surface area contributed by atoms with E-state index >= 15 is 0 Å². The van der Waals surface area contributed by atoms with Gasteiger partial charge in [-0.3, -0.25) is 0 Å². The summed E-state index contributed by atoms with van der Waals surface area (Å²) in [5.74, 6) is 0. The van der Waals surface area contributed by atoms with Crippen molar-refractivity contribution in [2.24, 2.45) is 0 Å². The van der Waals surface area contributed by atoms with E-state index < -0.39 is 10.9 Å². The van der Waals surface area contributed by atoms with E-state index in [0.29, 0.717) is 6.54 Å². The molecule has 0 atom stereocenters. The first-order chi connectivity index (χ1) is 4.77. The Morgan fingerprint density at radius 2 is 1.82 bits per heavy atom. The van der Waals surface area contributed by atoms with Crippen molar-refractivity contribution >= 4 is 40.4 Å². The first kappa shape index (κ1) is 14.4. The van der Waals surface area contributed by atoms with E-state index in [9.17, 15) is 8.42 Å². The summed E-state index contributed by atoms with van der Waals surface area (Å²) in [7, 11) is -2.37. The van der Waals surface area contributed by atoms with Gasteiger partial charge in [0.2, 0.25) is 10.9 Å². The van der Waals surface area contributed by atoms with Crippen LogP contribution in [0.4, 0.5) is 0 Å². The fourth-order valence-corrected chi connectivity index (χ4v) is 1.06. The van der Waals surface area contributed by atoms with Gasteiger partial charge < -0.3 is 0 Å². The molecule has 0 fully saturated rings. The summed E-state index contributed by atoms with van der Waals surface area (Å²) >= 11 is 0. The maximum atomic E-state index is 9.96. The van der Waals surface area contributed by atoms with Crippen LogP contribution in [-0.4, -0.2) is 44.5 Å². The van der Waals surface area contributed by atoms with Crippen LogP contribution in [0.15, 0.2) is 0 Å². The van der Waals surface area contributed by atoms with Crippen LogP contribution in [0.1, 0.15) is 32.6 Å². The molecule has 0 rings (SSSR count). The van der Waals surface area contributed by atoms with Crippen LogP contribution in [0.25, 0.3) is 0 Å². The Morgan fingerprint density at radius 1 is 1.18 bits per heavy atom. The Bertz CT molecular complexity index is 131. The summed E-state index contributed by atoms with van der Waals surface area (Å²) in [6.45, 7) is 2.72. The Kier molecular flexibility index (Phi) is 14.3. The van der Waals surface area contributed by atoms with Gasteiger partial charge in [-0.05, 0) is 6.42 Å². The van der Waals surface area contributed by atoms with Crippen molar-refractivity contribution in [1.82, 2.24) is 4.72 Å². The van der Waals surface area contributed by atoms with E-state index in [1.54, 1.807) is 0 Å². The molecular weight excluding hydrogens is 173 g/mol. The van der Waals surface area contributed by atoms with Gasteiger partial charge in [0.05, 0.1) is 0 Å².